The van der Waals surface area contributed by atoms with Gasteiger partial charge in [0.1, 0.15) is 0 Å². The van der Waals surface area contributed by atoms with Crippen molar-refractivity contribution in [1.29, 1.82) is 0 Å². The highest BCUT2D eigenvalue weighted by Gasteiger charge is 2.30. The Bertz CT molecular complexity index is 404. The van der Waals surface area contributed by atoms with Crippen molar-refractivity contribution in [2.75, 3.05) is 7.11 Å². The lowest BCUT2D eigenvalue weighted by Crippen LogP contribution is -2.34. The zero-order chi connectivity index (χ0) is 13.7. The second kappa shape index (κ2) is 6.71. The van der Waals surface area contributed by atoms with Gasteiger partial charge in [-0.25, -0.2) is 0 Å². The zero-order valence-corrected chi connectivity index (χ0v) is 11.8. The van der Waals surface area contributed by atoms with E-state index in [4.69, 9.17) is 4.74 Å². The first-order chi connectivity index (χ1) is 9.20. The molecule has 1 aromatic rings. The number of hydrogen-bond donors (Lipinski definition) is 0. The van der Waals surface area contributed by atoms with Crippen molar-refractivity contribution in [1.82, 2.24) is 4.90 Å². The fraction of sp³-hybridized carbons (Fsp3) is 0.562. The first kappa shape index (κ1) is 14.1. The summed E-state index contributed by atoms with van der Waals surface area (Å²) in [5, 5.41) is 0. The summed E-state index contributed by atoms with van der Waals surface area (Å²) in [7, 11) is 1.46. The molecule has 19 heavy (non-hydrogen) atoms. The van der Waals surface area contributed by atoms with Crippen LogP contribution in [0.2, 0.25) is 0 Å². The average Bonchev–Trinajstić information content (AvgIpc) is 2.78. The molecule has 0 bridgehead atoms. The number of ether oxygens (including phenoxy) is 1. The van der Waals surface area contributed by atoms with Crippen LogP contribution in [0.5, 0.6) is 0 Å². The van der Waals surface area contributed by atoms with Crippen LogP contribution < -0.4 is 0 Å². The minimum Gasteiger partial charge on any atom is -0.469 e. The lowest BCUT2D eigenvalue weighted by molar-refractivity contribution is -0.141. The molecule has 0 aliphatic carbocycles. The highest BCUT2D eigenvalue weighted by molar-refractivity contribution is 5.69. The Morgan fingerprint density at radius 1 is 1.32 bits per heavy atom. The first-order valence-corrected chi connectivity index (χ1v) is 7.07. The molecule has 1 heterocycles. The number of rotatable bonds is 5. The quantitative estimate of drug-likeness (QED) is 0.763. The molecule has 0 radical (unpaired) electrons. The molecular weight excluding hydrogens is 238 g/mol. The van der Waals surface area contributed by atoms with E-state index >= 15 is 0 Å². The lowest BCUT2D eigenvalue weighted by Gasteiger charge is -2.28. The van der Waals surface area contributed by atoms with E-state index in [9.17, 15) is 4.79 Å². The number of carbonyl (C=O) groups excluding carboxylic acids is 1. The third-order valence-electron chi connectivity index (χ3n) is 4.07. The Balaban J connectivity index is 1.94. The van der Waals surface area contributed by atoms with Crippen LogP contribution in [0.1, 0.15) is 38.2 Å². The Hall–Kier alpha value is -1.35. The van der Waals surface area contributed by atoms with E-state index < -0.39 is 0 Å². The Morgan fingerprint density at radius 3 is 2.74 bits per heavy atom. The van der Waals surface area contributed by atoms with E-state index in [0.717, 1.165) is 13.0 Å². The molecule has 0 unspecified atom stereocenters. The topological polar surface area (TPSA) is 29.5 Å². The van der Waals surface area contributed by atoms with Gasteiger partial charge in [-0.05, 0) is 31.7 Å². The zero-order valence-electron chi connectivity index (χ0n) is 11.8. The summed E-state index contributed by atoms with van der Waals surface area (Å²) in [5.41, 5.74) is 1.35. The lowest BCUT2D eigenvalue weighted by atomic mass is 10.1. The van der Waals surface area contributed by atoms with Crippen molar-refractivity contribution in [2.45, 2.75) is 51.2 Å². The minimum atomic E-state index is -0.0979. The summed E-state index contributed by atoms with van der Waals surface area (Å²) in [6.45, 7) is 3.26. The van der Waals surface area contributed by atoms with Gasteiger partial charge in [0.2, 0.25) is 0 Å². The van der Waals surface area contributed by atoms with Gasteiger partial charge in [-0.1, -0.05) is 30.3 Å². The molecule has 0 spiro atoms. The number of esters is 1. The normalized spacial score (nSPS) is 23.5. The van der Waals surface area contributed by atoms with Crippen LogP contribution in [-0.4, -0.2) is 30.1 Å². The maximum atomic E-state index is 11.3. The molecule has 3 nitrogen and oxygen atoms in total. The molecule has 2 rings (SSSR count). The van der Waals surface area contributed by atoms with Crippen LogP contribution in [0.15, 0.2) is 30.3 Å². The van der Waals surface area contributed by atoms with Crippen LogP contribution in [0.4, 0.5) is 0 Å². The second-order valence-electron chi connectivity index (χ2n) is 5.35. The van der Waals surface area contributed by atoms with Crippen molar-refractivity contribution < 1.29 is 9.53 Å². The van der Waals surface area contributed by atoms with Gasteiger partial charge in [0.15, 0.2) is 0 Å². The molecular formula is C16H23NO2. The fourth-order valence-electron chi connectivity index (χ4n) is 2.90. The number of benzene rings is 1. The molecule has 2 atom stereocenters. The van der Waals surface area contributed by atoms with Gasteiger partial charge in [0, 0.05) is 25.0 Å². The van der Waals surface area contributed by atoms with Crippen molar-refractivity contribution in [2.24, 2.45) is 0 Å². The van der Waals surface area contributed by atoms with Crippen LogP contribution in [-0.2, 0) is 16.1 Å². The van der Waals surface area contributed by atoms with Crippen molar-refractivity contribution >= 4 is 5.97 Å². The first-order valence-electron chi connectivity index (χ1n) is 7.07. The number of likely N-dealkylation sites (tertiary alicyclic amines) is 1. The summed E-state index contributed by atoms with van der Waals surface area (Å²) in [6, 6.07) is 11.7. The fourth-order valence-corrected chi connectivity index (χ4v) is 2.90. The number of carbonyl (C=O) groups is 1. The van der Waals surface area contributed by atoms with Gasteiger partial charge in [-0.15, -0.1) is 0 Å². The number of nitrogens with zero attached hydrogens (tertiary/aromatic N) is 1. The largest absolute Gasteiger partial charge is 0.469 e. The van der Waals surface area contributed by atoms with E-state index in [0.29, 0.717) is 18.5 Å². The van der Waals surface area contributed by atoms with Crippen LogP contribution in [0, 0.1) is 0 Å². The summed E-state index contributed by atoms with van der Waals surface area (Å²) in [6.07, 6.45) is 3.84. The van der Waals surface area contributed by atoms with Crippen molar-refractivity contribution in [3.8, 4) is 0 Å². The molecule has 1 aromatic carbocycles. The minimum absolute atomic E-state index is 0.0979. The number of methoxy groups -OCH3 is 1. The van der Waals surface area contributed by atoms with Crippen LogP contribution in [0.25, 0.3) is 0 Å². The molecule has 1 saturated heterocycles. The number of hydrogen-bond acceptors (Lipinski definition) is 3. The van der Waals surface area contributed by atoms with Crippen LogP contribution >= 0.6 is 0 Å². The maximum Gasteiger partial charge on any atom is 0.305 e. The van der Waals surface area contributed by atoms with Crippen molar-refractivity contribution in [3.05, 3.63) is 35.9 Å². The molecule has 1 aliphatic rings. The Kier molecular flexibility index (Phi) is 4.97. The third kappa shape index (κ3) is 3.80. The van der Waals surface area contributed by atoms with E-state index in [1.807, 2.05) is 6.07 Å². The third-order valence-corrected chi connectivity index (χ3v) is 4.07. The smallest absolute Gasteiger partial charge is 0.305 e. The van der Waals surface area contributed by atoms with Crippen LogP contribution in [0.3, 0.4) is 0 Å². The van der Waals surface area contributed by atoms with E-state index in [1.54, 1.807) is 0 Å². The van der Waals surface area contributed by atoms with Gasteiger partial charge in [-0.2, -0.15) is 0 Å². The average molecular weight is 261 g/mol. The highest BCUT2D eigenvalue weighted by atomic mass is 16.5. The van der Waals surface area contributed by atoms with Gasteiger partial charge in [0.25, 0.3) is 0 Å². The van der Waals surface area contributed by atoms with Gasteiger partial charge >= 0.3 is 5.97 Å². The van der Waals surface area contributed by atoms with Gasteiger partial charge < -0.3 is 4.74 Å². The highest BCUT2D eigenvalue weighted by Crippen LogP contribution is 2.28. The van der Waals surface area contributed by atoms with Gasteiger partial charge in [-0.3, -0.25) is 9.69 Å². The Labute approximate surface area is 115 Å². The Morgan fingerprint density at radius 2 is 2.05 bits per heavy atom. The summed E-state index contributed by atoms with van der Waals surface area (Å²) < 4.78 is 4.73. The van der Waals surface area contributed by atoms with Gasteiger partial charge in [0.05, 0.1) is 7.11 Å². The monoisotopic (exact) mass is 261 g/mol. The molecule has 0 N–H and O–H groups in total. The molecule has 0 aromatic heterocycles. The second-order valence-corrected chi connectivity index (χ2v) is 5.35. The molecule has 1 fully saturated rings. The summed E-state index contributed by atoms with van der Waals surface area (Å²) in [4.78, 5) is 13.8. The van der Waals surface area contributed by atoms with Crippen molar-refractivity contribution in [3.63, 3.8) is 0 Å². The van der Waals surface area contributed by atoms with E-state index in [2.05, 4.69) is 36.1 Å². The molecule has 1 aliphatic heterocycles. The predicted octanol–water partition coefficient (Wildman–Crippen LogP) is 2.99. The molecule has 3 heteroatoms. The predicted molar refractivity (Wildman–Crippen MR) is 75.7 cm³/mol. The SMILES string of the molecule is COC(=O)CC[C@H]1CC[C@@H](C)N1Cc1ccccc1. The maximum absolute atomic E-state index is 11.3. The van der Waals surface area contributed by atoms with E-state index in [-0.39, 0.29) is 5.97 Å². The molecule has 0 saturated carbocycles. The summed E-state index contributed by atoms with van der Waals surface area (Å²) >= 11 is 0. The van der Waals surface area contributed by atoms with E-state index in [1.165, 1.54) is 25.5 Å². The molecule has 104 valence electrons. The summed E-state index contributed by atoms with van der Waals surface area (Å²) in [5.74, 6) is -0.0979. The standard InChI is InChI=1S/C16H23NO2/c1-13-8-9-15(10-11-16(18)19-2)17(13)12-14-6-4-3-5-7-14/h3-7,13,15H,8-12H2,1-2H3/t13-,15-/m1/s1. The molecule has 0 amide bonds.